The zero-order chi connectivity index (χ0) is 13.7. The lowest BCUT2D eigenvalue weighted by Gasteiger charge is -2.10. The predicted octanol–water partition coefficient (Wildman–Crippen LogP) is 2.90. The molecule has 1 amide bonds. The van der Waals surface area contributed by atoms with E-state index in [1.165, 1.54) is 6.07 Å². The second-order valence-corrected chi connectivity index (χ2v) is 3.90. The number of halogens is 1. The molecule has 19 heavy (non-hydrogen) atoms. The van der Waals surface area contributed by atoms with Gasteiger partial charge in [0.05, 0.1) is 11.8 Å². The van der Waals surface area contributed by atoms with Crippen LogP contribution in [0.4, 0.5) is 15.9 Å². The summed E-state index contributed by atoms with van der Waals surface area (Å²) in [7, 11) is 0. The molecular formula is C14H14FN3O. The van der Waals surface area contributed by atoms with Crippen LogP contribution >= 0.6 is 0 Å². The Morgan fingerprint density at radius 1 is 1.32 bits per heavy atom. The van der Waals surface area contributed by atoms with Gasteiger partial charge in [-0.3, -0.25) is 4.79 Å². The van der Waals surface area contributed by atoms with E-state index in [0.717, 1.165) is 6.20 Å². The van der Waals surface area contributed by atoms with Crippen LogP contribution in [0.15, 0.2) is 42.6 Å². The first kappa shape index (κ1) is 13.0. The van der Waals surface area contributed by atoms with Crippen molar-refractivity contribution in [2.75, 3.05) is 17.2 Å². The van der Waals surface area contributed by atoms with Crippen molar-refractivity contribution < 1.29 is 9.18 Å². The minimum absolute atomic E-state index is 0.186. The highest BCUT2D eigenvalue weighted by atomic mass is 19.1. The van der Waals surface area contributed by atoms with Gasteiger partial charge in [-0.15, -0.1) is 0 Å². The summed E-state index contributed by atoms with van der Waals surface area (Å²) in [5.74, 6) is -0.564. The highest BCUT2D eigenvalue weighted by Gasteiger charge is 2.13. The lowest BCUT2D eigenvalue weighted by atomic mass is 10.2. The van der Waals surface area contributed by atoms with E-state index < -0.39 is 11.7 Å². The molecule has 0 saturated carbocycles. The topological polar surface area (TPSA) is 54.0 Å². The highest BCUT2D eigenvalue weighted by Crippen LogP contribution is 2.16. The summed E-state index contributed by atoms with van der Waals surface area (Å²) in [4.78, 5) is 16.0. The fraction of sp³-hybridized carbons (Fsp3) is 0.143. The van der Waals surface area contributed by atoms with Gasteiger partial charge in [-0.1, -0.05) is 18.2 Å². The normalized spacial score (nSPS) is 10.0. The Hall–Kier alpha value is -2.43. The minimum atomic E-state index is -0.542. The van der Waals surface area contributed by atoms with E-state index in [2.05, 4.69) is 15.6 Å². The maximum absolute atomic E-state index is 13.2. The zero-order valence-electron chi connectivity index (χ0n) is 10.5. The number of benzene rings is 1. The second-order valence-electron chi connectivity index (χ2n) is 3.90. The Labute approximate surface area is 110 Å². The summed E-state index contributed by atoms with van der Waals surface area (Å²) in [6.07, 6.45) is 1.08. The van der Waals surface area contributed by atoms with Crippen LogP contribution in [0, 0.1) is 5.82 Å². The zero-order valence-corrected chi connectivity index (χ0v) is 10.5. The molecule has 4 nitrogen and oxygen atoms in total. The molecule has 98 valence electrons. The number of amides is 1. The van der Waals surface area contributed by atoms with Gasteiger partial charge in [-0.05, 0) is 25.1 Å². The number of anilines is 2. The third-order valence-electron chi connectivity index (χ3n) is 2.47. The number of para-hydroxylation sites is 1. The van der Waals surface area contributed by atoms with Crippen LogP contribution in [0.1, 0.15) is 17.3 Å². The van der Waals surface area contributed by atoms with Crippen LogP contribution < -0.4 is 10.6 Å². The van der Waals surface area contributed by atoms with Gasteiger partial charge in [0.25, 0.3) is 5.91 Å². The molecule has 0 fully saturated rings. The number of hydrogen-bond donors (Lipinski definition) is 2. The molecule has 0 aliphatic heterocycles. The number of carbonyl (C=O) groups excluding carboxylic acids is 1. The monoisotopic (exact) mass is 259 g/mol. The molecule has 0 spiro atoms. The van der Waals surface area contributed by atoms with Crippen molar-refractivity contribution in [2.24, 2.45) is 0 Å². The molecule has 0 aliphatic rings. The first-order valence-electron chi connectivity index (χ1n) is 5.96. The molecule has 1 aromatic heterocycles. The Bertz CT molecular complexity index is 572. The van der Waals surface area contributed by atoms with Gasteiger partial charge in [0.1, 0.15) is 11.6 Å². The standard InChI is InChI=1S/C14H14FN3O/c1-2-16-13-12(8-10(15)9-17-13)14(19)18-11-6-4-3-5-7-11/h3-9H,2H2,1H3,(H,16,17)(H,18,19). The average molecular weight is 259 g/mol. The number of nitrogens with zero attached hydrogens (tertiary/aromatic N) is 1. The predicted molar refractivity (Wildman–Crippen MR) is 72.8 cm³/mol. The molecule has 0 radical (unpaired) electrons. The van der Waals surface area contributed by atoms with Gasteiger partial charge in [0.2, 0.25) is 0 Å². The highest BCUT2D eigenvalue weighted by molar-refractivity contribution is 6.07. The van der Waals surface area contributed by atoms with Crippen LogP contribution in [-0.4, -0.2) is 17.4 Å². The molecule has 2 N–H and O–H groups in total. The van der Waals surface area contributed by atoms with E-state index >= 15 is 0 Å². The van der Waals surface area contributed by atoms with Crippen LogP contribution in [0.3, 0.4) is 0 Å². The van der Waals surface area contributed by atoms with E-state index in [9.17, 15) is 9.18 Å². The Balaban J connectivity index is 2.25. The number of nitrogens with one attached hydrogen (secondary N) is 2. The summed E-state index contributed by atoms with van der Waals surface area (Å²) in [5.41, 5.74) is 0.838. The van der Waals surface area contributed by atoms with Gasteiger partial charge in [0, 0.05) is 12.2 Å². The first-order chi connectivity index (χ1) is 9.20. The van der Waals surface area contributed by atoms with Crippen LogP contribution in [-0.2, 0) is 0 Å². The Morgan fingerprint density at radius 3 is 2.74 bits per heavy atom. The van der Waals surface area contributed by atoms with E-state index in [1.807, 2.05) is 25.1 Å². The fourth-order valence-electron chi connectivity index (χ4n) is 1.64. The number of rotatable bonds is 4. The number of aromatic nitrogens is 1. The molecule has 5 heteroatoms. The molecule has 2 aromatic rings. The molecule has 1 aromatic carbocycles. The van der Waals surface area contributed by atoms with Crippen molar-refractivity contribution in [3.8, 4) is 0 Å². The van der Waals surface area contributed by atoms with Crippen molar-refractivity contribution in [2.45, 2.75) is 6.92 Å². The van der Waals surface area contributed by atoms with Crippen LogP contribution in [0.2, 0.25) is 0 Å². The van der Waals surface area contributed by atoms with E-state index in [1.54, 1.807) is 12.1 Å². The van der Waals surface area contributed by atoms with Crippen LogP contribution in [0.5, 0.6) is 0 Å². The maximum atomic E-state index is 13.2. The molecule has 0 unspecified atom stereocenters. The van der Waals surface area contributed by atoms with Gasteiger partial charge < -0.3 is 10.6 Å². The van der Waals surface area contributed by atoms with E-state index in [0.29, 0.717) is 18.1 Å². The lowest BCUT2D eigenvalue weighted by molar-refractivity contribution is 0.102. The van der Waals surface area contributed by atoms with E-state index in [4.69, 9.17) is 0 Å². The molecular weight excluding hydrogens is 245 g/mol. The number of hydrogen-bond acceptors (Lipinski definition) is 3. The molecule has 2 rings (SSSR count). The van der Waals surface area contributed by atoms with Crippen molar-refractivity contribution in [1.82, 2.24) is 4.98 Å². The fourth-order valence-corrected chi connectivity index (χ4v) is 1.64. The summed E-state index contributed by atoms with van der Waals surface area (Å²) in [6, 6.07) is 10.2. The minimum Gasteiger partial charge on any atom is -0.370 e. The van der Waals surface area contributed by atoms with Gasteiger partial charge in [-0.25, -0.2) is 9.37 Å². The SMILES string of the molecule is CCNc1ncc(F)cc1C(=O)Nc1ccccc1. The van der Waals surface area contributed by atoms with Crippen molar-refractivity contribution in [3.05, 3.63) is 54.0 Å². The van der Waals surface area contributed by atoms with Crippen LogP contribution in [0.25, 0.3) is 0 Å². The van der Waals surface area contributed by atoms with Gasteiger partial charge >= 0.3 is 0 Å². The molecule has 1 heterocycles. The smallest absolute Gasteiger partial charge is 0.259 e. The van der Waals surface area contributed by atoms with Gasteiger partial charge in [-0.2, -0.15) is 0 Å². The third kappa shape index (κ3) is 3.28. The second kappa shape index (κ2) is 5.95. The average Bonchev–Trinajstić information content (AvgIpc) is 2.42. The summed E-state index contributed by atoms with van der Waals surface area (Å²) in [5, 5.41) is 5.63. The molecule has 0 bridgehead atoms. The van der Waals surface area contributed by atoms with Crippen molar-refractivity contribution in [1.29, 1.82) is 0 Å². The molecule has 0 saturated heterocycles. The number of carbonyl (C=O) groups is 1. The lowest BCUT2D eigenvalue weighted by Crippen LogP contribution is -2.16. The maximum Gasteiger partial charge on any atom is 0.259 e. The Kier molecular flexibility index (Phi) is 4.07. The summed E-state index contributed by atoms with van der Waals surface area (Å²) >= 11 is 0. The number of pyridine rings is 1. The summed E-state index contributed by atoms with van der Waals surface area (Å²) < 4.78 is 13.2. The van der Waals surface area contributed by atoms with Crippen molar-refractivity contribution >= 4 is 17.4 Å². The summed E-state index contributed by atoms with van der Waals surface area (Å²) in [6.45, 7) is 2.48. The van der Waals surface area contributed by atoms with Gasteiger partial charge in [0.15, 0.2) is 0 Å². The molecule has 0 atom stereocenters. The Morgan fingerprint density at radius 2 is 2.05 bits per heavy atom. The quantitative estimate of drug-likeness (QED) is 0.887. The third-order valence-corrected chi connectivity index (χ3v) is 2.47. The first-order valence-corrected chi connectivity index (χ1v) is 5.96. The largest absolute Gasteiger partial charge is 0.370 e. The van der Waals surface area contributed by atoms with E-state index in [-0.39, 0.29) is 5.56 Å². The molecule has 0 aliphatic carbocycles. The van der Waals surface area contributed by atoms with Crippen molar-refractivity contribution in [3.63, 3.8) is 0 Å².